The van der Waals surface area contributed by atoms with Crippen LogP contribution in [0.3, 0.4) is 0 Å². The fraction of sp³-hybridized carbons (Fsp3) is 0.174. The summed E-state index contributed by atoms with van der Waals surface area (Å²) in [6.45, 7) is 0.937. The Morgan fingerprint density at radius 2 is 1.62 bits per heavy atom. The summed E-state index contributed by atoms with van der Waals surface area (Å²) >= 11 is 0. The monoisotopic (exact) mass is 451 g/mol. The molecule has 1 heterocycles. The number of amides is 1. The molecule has 1 aliphatic heterocycles. The van der Waals surface area contributed by atoms with Crippen molar-refractivity contribution in [3.63, 3.8) is 0 Å². The molecule has 32 heavy (non-hydrogen) atoms. The molecule has 0 bridgehead atoms. The predicted molar refractivity (Wildman–Crippen MR) is 121 cm³/mol. The van der Waals surface area contributed by atoms with Crippen molar-refractivity contribution in [2.45, 2.75) is 4.90 Å². The molecule has 1 aliphatic rings. The van der Waals surface area contributed by atoms with E-state index in [1.54, 1.807) is 35.2 Å². The summed E-state index contributed by atoms with van der Waals surface area (Å²) < 4.78 is 27.5. The molecule has 1 amide bonds. The summed E-state index contributed by atoms with van der Waals surface area (Å²) in [7, 11) is -3.66. The maximum absolute atomic E-state index is 13.1. The van der Waals surface area contributed by atoms with Crippen LogP contribution in [0.1, 0.15) is 5.56 Å². The highest BCUT2D eigenvalue weighted by Crippen LogP contribution is 2.23. The smallest absolute Gasteiger partial charge is 0.270 e. The van der Waals surface area contributed by atoms with Crippen LogP contribution in [-0.2, 0) is 14.8 Å². The Labute approximate surface area is 185 Å². The van der Waals surface area contributed by atoms with Gasteiger partial charge in [-0.05, 0) is 34.5 Å². The largest absolute Gasteiger partial charge is 0.337 e. The zero-order valence-electron chi connectivity index (χ0n) is 17.1. The molecule has 1 saturated heterocycles. The lowest BCUT2D eigenvalue weighted by molar-refractivity contribution is -0.384. The van der Waals surface area contributed by atoms with Crippen LogP contribution in [0.2, 0.25) is 0 Å². The molecule has 1 fully saturated rings. The lowest BCUT2D eigenvalue weighted by Crippen LogP contribution is -2.50. The highest BCUT2D eigenvalue weighted by molar-refractivity contribution is 7.89. The topological polar surface area (TPSA) is 101 Å². The summed E-state index contributed by atoms with van der Waals surface area (Å²) in [5, 5.41) is 12.7. The van der Waals surface area contributed by atoms with E-state index in [1.165, 1.54) is 28.6 Å². The molecule has 0 aliphatic carbocycles. The third-order valence-electron chi connectivity index (χ3n) is 5.41. The van der Waals surface area contributed by atoms with Gasteiger partial charge in [0.2, 0.25) is 15.9 Å². The number of benzene rings is 3. The van der Waals surface area contributed by atoms with Crippen molar-refractivity contribution in [2.24, 2.45) is 0 Å². The van der Waals surface area contributed by atoms with E-state index in [0.29, 0.717) is 5.56 Å². The number of non-ortho nitro benzene ring substituents is 1. The first-order chi connectivity index (χ1) is 15.3. The number of carbonyl (C=O) groups is 1. The van der Waals surface area contributed by atoms with E-state index >= 15 is 0 Å². The van der Waals surface area contributed by atoms with Gasteiger partial charge >= 0.3 is 0 Å². The first-order valence-corrected chi connectivity index (χ1v) is 11.5. The van der Waals surface area contributed by atoms with E-state index in [0.717, 1.165) is 10.8 Å². The normalized spacial score (nSPS) is 15.3. The van der Waals surface area contributed by atoms with Gasteiger partial charge in [-0.15, -0.1) is 0 Å². The molecule has 0 unspecified atom stereocenters. The number of nitro benzene ring substituents is 1. The molecule has 0 radical (unpaired) electrons. The van der Waals surface area contributed by atoms with Crippen LogP contribution in [0.4, 0.5) is 5.69 Å². The van der Waals surface area contributed by atoms with Crippen LogP contribution < -0.4 is 0 Å². The number of hydrogen-bond acceptors (Lipinski definition) is 5. The number of nitro groups is 1. The summed E-state index contributed by atoms with van der Waals surface area (Å²) in [5.74, 6) is -0.265. The second-order valence-electron chi connectivity index (χ2n) is 7.42. The summed E-state index contributed by atoms with van der Waals surface area (Å²) in [4.78, 5) is 24.7. The SMILES string of the molecule is O=C(/C=C/c1cccc([N+](=O)[O-])c1)N1CCN(S(=O)(=O)c2ccc3ccccc3c2)CC1. The molecule has 0 saturated carbocycles. The fourth-order valence-electron chi connectivity index (χ4n) is 3.64. The van der Waals surface area contributed by atoms with Gasteiger partial charge < -0.3 is 4.90 Å². The molecule has 0 aromatic heterocycles. The van der Waals surface area contributed by atoms with Crippen molar-refractivity contribution in [1.82, 2.24) is 9.21 Å². The number of piperazine rings is 1. The Kier molecular flexibility index (Phi) is 6.02. The molecule has 164 valence electrons. The number of nitrogens with zero attached hydrogens (tertiary/aromatic N) is 3. The van der Waals surface area contributed by atoms with Gasteiger partial charge in [-0.1, -0.05) is 42.5 Å². The Bertz CT molecular complexity index is 1310. The Hall–Kier alpha value is -3.56. The van der Waals surface area contributed by atoms with Gasteiger partial charge in [-0.2, -0.15) is 4.31 Å². The van der Waals surface area contributed by atoms with Crippen LogP contribution >= 0.6 is 0 Å². The zero-order valence-corrected chi connectivity index (χ0v) is 17.9. The third kappa shape index (κ3) is 4.53. The van der Waals surface area contributed by atoms with E-state index in [4.69, 9.17) is 0 Å². The molecule has 3 aromatic carbocycles. The lowest BCUT2D eigenvalue weighted by Gasteiger charge is -2.33. The van der Waals surface area contributed by atoms with Gasteiger partial charge in [-0.3, -0.25) is 14.9 Å². The van der Waals surface area contributed by atoms with E-state index in [2.05, 4.69) is 0 Å². The summed E-state index contributed by atoms with van der Waals surface area (Å²) in [5.41, 5.74) is 0.497. The highest BCUT2D eigenvalue weighted by atomic mass is 32.2. The van der Waals surface area contributed by atoms with Gasteiger partial charge in [0, 0.05) is 44.4 Å². The quantitative estimate of drug-likeness (QED) is 0.337. The number of carbonyl (C=O) groups excluding carboxylic acids is 1. The van der Waals surface area contributed by atoms with Gasteiger partial charge in [0.1, 0.15) is 0 Å². The van der Waals surface area contributed by atoms with Crippen LogP contribution in [0.5, 0.6) is 0 Å². The average Bonchev–Trinajstić information content (AvgIpc) is 2.82. The molecule has 0 spiro atoms. The number of sulfonamides is 1. The molecule has 0 atom stereocenters. The Morgan fingerprint density at radius 1 is 0.906 bits per heavy atom. The fourth-order valence-corrected chi connectivity index (χ4v) is 5.10. The zero-order chi connectivity index (χ0) is 22.7. The molecule has 3 aromatic rings. The standard InChI is InChI=1S/C23H21N3O5S/c27-23(11-8-18-4-3-7-21(16-18)26(28)29)24-12-14-25(15-13-24)32(30,31)22-10-9-19-5-1-2-6-20(19)17-22/h1-11,16-17H,12-15H2/b11-8+. The number of rotatable bonds is 5. The van der Waals surface area contributed by atoms with E-state index in [1.807, 2.05) is 24.3 Å². The van der Waals surface area contributed by atoms with Crippen molar-refractivity contribution in [3.8, 4) is 0 Å². The number of fused-ring (bicyclic) bond motifs is 1. The molecular weight excluding hydrogens is 430 g/mol. The molecule has 4 rings (SSSR count). The van der Waals surface area contributed by atoms with Crippen molar-refractivity contribution in [2.75, 3.05) is 26.2 Å². The Balaban J connectivity index is 1.41. The number of hydrogen-bond donors (Lipinski definition) is 0. The van der Waals surface area contributed by atoms with E-state index < -0.39 is 14.9 Å². The first kappa shape index (κ1) is 21.7. The van der Waals surface area contributed by atoms with Crippen molar-refractivity contribution in [1.29, 1.82) is 0 Å². The average molecular weight is 452 g/mol. The lowest BCUT2D eigenvalue weighted by atomic mass is 10.1. The van der Waals surface area contributed by atoms with Gasteiger partial charge in [0.15, 0.2) is 0 Å². The van der Waals surface area contributed by atoms with E-state index in [-0.39, 0.29) is 42.7 Å². The summed E-state index contributed by atoms with van der Waals surface area (Å²) in [6, 6.07) is 18.6. The predicted octanol–water partition coefficient (Wildman–Crippen LogP) is 3.29. The van der Waals surface area contributed by atoms with Crippen LogP contribution in [0.25, 0.3) is 16.8 Å². The maximum atomic E-state index is 13.1. The molecule has 0 N–H and O–H groups in total. The minimum absolute atomic E-state index is 0.0490. The molecule has 9 heteroatoms. The second kappa shape index (κ2) is 8.89. The highest BCUT2D eigenvalue weighted by Gasteiger charge is 2.29. The summed E-state index contributed by atoms with van der Waals surface area (Å²) in [6.07, 6.45) is 2.88. The minimum atomic E-state index is -3.66. The van der Waals surface area contributed by atoms with Crippen molar-refractivity contribution < 1.29 is 18.1 Å². The third-order valence-corrected chi connectivity index (χ3v) is 7.30. The second-order valence-corrected chi connectivity index (χ2v) is 9.36. The van der Waals surface area contributed by atoms with Crippen molar-refractivity contribution in [3.05, 3.63) is 88.5 Å². The molecular formula is C23H21N3O5S. The van der Waals surface area contributed by atoms with Crippen LogP contribution in [0, 0.1) is 10.1 Å². The van der Waals surface area contributed by atoms with Crippen LogP contribution in [-0.4, -0.2) is 54.6 Å². The minimum Gasteiger partial charge on any atom is -0.337 e. The maximum Gasteiger partial charge on any atom is 0.270 e. The first-order valence-electron chi connectivity index (χ1n) is 10.0. The van der Waals surface area contributed by atoms with E-state index in [9.17, 15) is 23.3 Å². The molecule has 8 nitrogen and oxygen atoms in total. The van der Waals surface area contributed by atoms with Crippen molar-refractivity contribution >= 4 is 38.5 Å². The van der Waals surface area contributed by atoms with Gasteiger partial charge in [0.05, 0.1) is 9.82 Å². The van der Waals surface area contributed by atoms with Gasteiger partial charge in [0.25, 0.3) is 5.69 Å². The van der Waals surface area contributed by atoms with Crippen LogP contribution in [0.15, 0.2) is 77.7 Å². The Morgan fingerprint density at radius 3 is 2.34 bits per heavy atom. The van der Waals surface area contributed by atoms with Gasteiger partial charge in [-0.25, -0.2) is 8.42 Å².